The van der Waals surface area contributed by atoms with E-state index in [1.54, 1.807) is 14.0 Å². The van der Waals surface area contributed by atoms with Gasteiger partial charge < -0.3 is 14.9 Å². The lowest BCUT2D eigenvalue weighted by Gasteiger charge is -2.11. The third kappa shape index (κ3) is 2.11. The van der Waals surface area contributed by atoms with Crippen molar-refractivity contribution in [2.75, 3.05) is 7.05 Å². The zero-order valence-electron chi connectivity index (χ0n) is 8.50. The monoisotopic (exact) mass is 198 g/mol. The van der Waals surface area contributed by atoms with Gasteiger partial charge in [-0.3, -0.25) is 4.79 Å². The molecule has 0 fully saturated rings. The summed E-state index contributed by atoms with van der Waals surface area (Å²) >= 11 is 0. The molecule has 0 aromatic carbocycles. The molecule has 0 saturated carbocycles. The molecule has 0 saturated heterocycles. The molecule has 1 aromatic heterocycles. The van der Waals surface area contributed by atoms with E-state index < -0.39 is 0 Å². The number of aryl methyl sites for hydroxylation is 1. The molecular formula is C9H14N2O3. The lowest BCUT2D eigenvalue weighted by molar-refractivity contribution is -0.118. The highest BCUT2D eigenvalue weighted by atomic mass is 16.5. The minimum Gasteiger partial charge on any atom is -0.491 e. The average molecular weight is 198 g/mol. The van der Waals surface area contributed by atoms with Gasteiger partial charge in [0.05, 0.1) is 11.6 Å². The standard InChI is InChI=1S/C9H14N2O3/c1-5(12)8(10-3)4-7-6(2)14-11-9(7)13/h8,10H,4H2,1-3H3,(H,11,13)/t8-/m0/s1. The maximum absolute atomic E-state index is 11.1. The van der Waals surface area contributed by atoms with E-state index in [0.717, 1.165) is 0 Å². The van der Waals surface area contributed by atoms with Crippen LogP contribution in [0.5, 0.6) is 5.88 Å². The molecule has 78 valence electrons. The molecule has 0 aliphatic rings. The van der Waals surface area contributed by atoms with Crippen LogP contribution in [-0.4, -0.2) is 29.1 Å². The molecule has 0 amide bonds. The molecule has 0 unspecified atom stereocenters. The third-order valence-corrected chi connectivity index (χ3v) is 2.21. The van der Waals surface area contributed by atoms with Gasteiger partial charge in [0.25, 0.3) is 5.88 Å². The van der Waals surface area contributed by atoms with Crippen molar-refractivity contribution in [3.63, 3.8) is 0 Å². The Labute approximate surface area is 82.1 Å². The highest BCUT2D eigenvalue weighted by molar-refractivity contribution is 5.81. The number of carbonyl (C=O) groups is 1. The Bertz CT molecular complexity index is 313. The predicted molar refractivity (Wildman–Crippen MR) is 50.1 cm³/mol. The van der Waals surface area contributed by atoms with E-state index in [4.69, 9.17) is 4.52 Å². The van der Waals surface area contributed by atoms with Gasteiger partial charge in [-0.1, -0.05) is 0 Å². The summed E-state index contributed by atoms with van der Waals surface area (Å²) in [6.45, 7) is 3.20. The number of nitrogens with zero attached hydrogens (tertiary/aromatic N) is 1. The van der Waals surface area contributed by atoms with Gasteiger partial charge in [-0.2, -0.15) is 0 Å². The molecule has 1 rings (SSSR count). The first-order chi connectivity index (χ1) is 6.56. The number of aromatic hydroxyl groups is 1. The average Bonchev–Trinajstić information content (AvgIpc) is 2.43. The minimum absolute atomic E-state index is 0.0208. The van der Waals surface area contributed by atoms with E-state index in [9.17, 15) is 9.90 Å². The molecule has 1 heterocycles. The molecule has 14 heavy (non-hydrogen) atoms. The number of aromatic nitrogens is 1. The first kappa shape index (κ1) is 10.7. The SMILES string of the molecule is CN[C@@H](Cc1c(O)noc1C)C(C)=O. The number of Topliss-reactive ketones (excluding diaryl/α,β-unsaturated/α-hetero) is 1. The maximum Gasteiger partial charge on any atom is 0.255 e. The Morgan fingerprint density at radius 3 is 2.71 bits per heavy atom. The van der Waals surface area contributed by atoms with Crippen molar-refractivity contribution in [3.8, 4) is 5.88 Å². The van der Waals surface area contributed by atoms with Gasteiger partial charge >= 0.3 is 0 Å². The summed E-state index contributed by atoms with van der Waals surface area (Å²) in [6.07, 6.45) is 0.396. The van der Waals surface area contributed by atoms with Crippen LogP contribution in [-0.2, 0) is 11.2 Å². The topological polar surface area (TPSA) is 75.4 Å². The summed E-state index contributed by atoms with van der Waals surface area (Å²) < 4.78 is 4.78. The molecule has 1 atom stereocenters. The zero-order chi connectivity index (χ0) is 10.7. The largest absolute Gasteiger partial charge is 0.491 e. The Balaban J connectivity index is 2.81. The van der Waals surface area contributed by atoms with Crippen molar-refractivity contribution >= 4 is 5.78 Å². The van der Waals surface area contributed by atoms with E-state index >= 15 is 0 Å². The van der Waals surface area contributed by atoms with Crippen molar-refractivity contribution in [2.24, 2.45) is 0 Å². The quantitative estimate of drug-likeness (QED) is 0.732. The van der Waals surface area contributed by atoms with Crippen molar-refractivity contribution < 1.29 is 14.4 Å². The number of carbonyl (C=O) groups excluding carboxylic acids is 1. The van der Waals surface area contributed by atoms with Gasteiger partial charge in [-0.05, 0) is 26.1 Å². The summed E-state index contributed by atoms with van der Waals surface area (Å²) in [5, 5.41) is 15.6. The smallest absolute Gasteiger partial charge is 0.255 e. The normalized spacial score (nSPS) is 12.8. The Morgan fingerprint density at radius 1 is 1.71 bits per heavy atom. The van der Waals surface area contributed by atoms with Crippen molar-refractivity contribution in [3.05, 3.63) is 11.3 Å². The van der Waals surface area contributed by atoms with E-state index in [1.165, 1.54) is 6.92 Å². The molecule has 0 aliphatic carbocycles. The van der Waals surface area contributed by atoms with Gasteiger partial charge in [-0.25, -0.2) is 0 Å². The molecule has 5 heteroatoms. The summed E-state index contributed by atoms with van der Waals surface area (Å²) in [4.78, 5) is 11.1. The fourth-order valence-corrected chi connectivity index (χ4v) is 1.27. The van der Waals surface area contributed by atoms with Gasteiger partial charge in [0, 0.05) is 6.42 Å². The number of likely N-dealkylation sites (N-methyl/N-ethyl adjacent to an activating group) is 1. The van der Waals surface area contributed by atoms with Crippen LogP contribution in [0, 0.1) is 6.92 Å². The lowest BCUT2D eigenvalue weighted by Crippen LogP contribution is -2.34. The van der Waals surface area contributed by atoms with Crippen LogP contribution >= 0.6 is 0 Å². The lowest BCUT2D eigenvalue weighted by atomic mass is 10.0. The van der Waals surface area contributed by atoms with Crippen LogP contribution in [0.3, 0.4) is 0 Å². The molecule has 5 nitrogen and oxygen atoms in total. The molecule has 0 aliphatic heterocycles. The number of rotatable bonds is 4. The molecule has 0 bridgehead atoms. The van der Waals surface area contributed by atoms with E-state index in [1.807, 2.05) is 0 Å². The van der Waals surface area contributed by atoms with Crippen LogP contribution in [0.25, 0.3) is 0 Å². The molecule has 2 N–H and O–H groups in total. The fourth-order valence-electron chi connectivity index (χ4n) is 1.27. The van der Waals surface area contributed by atoms with Gasteiger partial charge in [0.15, 0.2) is 0 Å². The zero-order valence-corrected chi connectivity index (χ0v) is 8.50. The highest BCUT2D eigenvalue weighted by Gasteiger charge is 2.19. The second kappa shape index (κ2) is 4.23. The van der Waals surface area contributed by atoms with Crippen molar-refractivity contribution in [2.45, 2.75) is 26.3 Å². The second-order valence-electron chi connectivity index (χ2n) is 3.20. The van der Waals surface area contributed by atoms with Crippen molar-refractivity contribution in [1.29, 1.82) is 0 Å². The van der Waals surface area contributed by atoms with E-state index in [-0.39, 0.29) is 17.7 Å². The molecular weight excluding hydrogens is 184 g/mol. The summed E-state index contributed by atoms with van der Waals surface area (Å²) in [5.74, 6) is 0.431. The highest BCUT2D eigenvalue weighted by Crippen LogP contribution is 2.20. The predicted octanol–water partition coefficient (Wildman–Crippen LogP) is 0.408. The second-order valence-corrected chi connectivity index (χ2v) is 3.20. The molecule has 0 spiro atoms. The van der Waals surface area contributed by atoms with Crippen LogP contribution in [0.2, 0.25) is 0 Å². The summed E-state index contributed by atoms with van der Waals surface area (Å²) in [6, 6.07) is -0.306. The minimum atomic E-state index is -0.306. The Morgan fingerprint density at radius 2 is 2.36 bits per heavy atom. The first-order valence-corrected chi connectivity index (χ1v) is 4.38. The summed E-state index contributed by atoms with van der Waals surface area (Å²) in [7, 11) is 1.70. The third-order valence-electron chi connectivity index (χ3n) is 2.21. The Hall–Kier alpha value is -1.36. The van der Waals surface area contributed by atoms with Crippen LogP contribution in [0.4, 0.5) is 0 Å². The number of ketones is 1. The van der Waals surface area contributed by atoms with E-state index in [2.05, 4.69) is 10.5 Å². The number of hydrogen-bond donors (Lipinski definition) is 2. The van der Waals surface area contributed by atoms with Crippen LogP contribution in [0.1, 0.15) is 18.2 Å². The fraction of sp³-hybridized carbons (Fsp3) is 0.556. The van der Waals surface area contributed by atoms with Crippen molar-refractivity contribution in [1.82, 2.24) is 10.5 Å². The van der Waals surface area contributed by atoms with E-state index in [0.29, 0.717) is 17.7 Å². The maximum atomic E-state index is 11.1. The number of hydrogen-bond acceptors (Lipinski definition) is 5. The van der Waals surface area contributed by atoms with Gasteiger partial charge in [0.1, 0.15) is 11.5 Å². The van der Waals surface area contributed by atoms with Crippen LogP contribution in [0.15, 0.2) is 4.52 Å². The summed E-state index contributed by atoms with van der Waals surface area (Å²) in [5.41, 5.74) is 0.583. The molecule has 1 aromatic rings. The van der Waals surface area contributed by atoms with Gasteiger partial charge in [-0.15, -0.1) is 0 Å². The van der Waals surface area contributed by atoms with Gasteiger partial charge in [0.2, 0.25) is 0 Å². The number of nitrogens with one attached hydrogen (secondary N) is 1. The Kier molecular flexibility index (Phi) is 3.24. The molecule has 0 radical (unpaired) electrons. The first-order valence-electron chi connectivity index (χ1n) is 4.38. The van der Waals surface area contributed by atoms with Crippen LogP contribution < -0.4 is 5.32 Å².